The fourth-order valence-corrected chi connectivity index (χ4v) is 4.18. The van der Waals surface area contributed by atoms with Crippen molar-refractivity contribution in [2.24, 2.45) is 0 Å². The van der Waals surface area contributed by atoms with E-state index in [2.05, 4.69) is 17.4 Å². The van der Waals surface area contributed by atoms with Crippen molar-refractivity contribution < 1.29 is 24.1 Å². The van der Waals surface area contributed by atoms with Gasteiger partial charge in [-0.05, 0) is 37.1 Å². The SMILES string of the molecule is COc1ccc(OCC[NH+]2CC[NH+]([C@@H](C(=O)NC3CC3)c3ccccc3)CC2)cc1. The number of amides is 1. The molecule has 0 aromatic heterocycles. The number of ether oxygens (including phenoxy) is 2. The Morgan fingerprint density at radius 2 is 1.67 bits per heavy atom. The van der Waals surface area contributed by atoms with Gasteiger partial charge in [0.1, 0.15) is 50.8 Å². The van der Waals surface area contributed by atoms with Crippen LogP contribution in [0.5, 0.6) is 11.5 Å². The van der Waals surface area contributed by atoms with Crippen LogP contribution in [0.3, 0.4) is 0 Å². The zero-order chi connectivity index (χ0) is 20.8. The molecule has 1 atom stereocenters. The summed E-state index contributed by atoms with van der Waals surface area (Å²) >= 11 is 0. The van der Waals surface area contributed by atoms with Crippen LogP contribution < -0.4 is 24.6 Å². The number of hydrogen-bond acceptors (Lipinski definition) is 3. The first kappa shape index (κ1) is 20.7. The molecule has 30 heavy (non-hydrogen) atoms. The standard InChI is InChI=1S/C24H31N3O3/c1-29-21-9-11-22(12-10-21)30-18-17-26-13-15-27(16-14-26)23(19-5-3-2-4-6-19)24(28)25-20-7-8-20/h2-6,9-12,20,23H,7-8,13-18H2,1H3,(H,25,28)/p+2/t23-/m1/s1. The van der Waals surface area contributed by atoms with Gasteiger partial charge in [-0.3, -0.25) is 4.79 Å². The van der Waals surface area contributed by atoms with E-state index in [1.165, 1.54) is 4.90 Å². The second-order valence-corrected chi connectivity index (χ2v) is 8.31. The molecule has 1 saturated carbocycles. The predicted molar refractivity (Wildman–Crippen MR) is 115 cm³/mol. The highest BCUT2D eigenvalue weighted by molar-refractivity contribution is 5.82. The van der Waals surface area contributed by atoms with Crippen molar-refractivity contribution >= 4 is 5.91 Å². The predicted octanol–water partition coefficient (Wildman–Crippen LogP) is -0.123. The monoisotopic (exact) mass is 411 g/mol. The quantitative estimate of drug-likeness (QED) is 0.539. The van der Waals surface area contributed by atoms with Gasteiger partial charge in [0, 0.05) is 11.6 Å². The number of carbonyl (C=O) groups excluding carboxylic acids is 1. The van der Waals surface area contributed by atoms with E-state index < -0.39 is 0 Å². The van der Waals surface area contributed by atoms with Crippen molar-refractivity contribution in [1.29, 1.82) is 0 Å². The van der Waals surface area contributed by atoms with Gasteiger partial charge >= 0.3 is 0 Å². The average molecular weight is 412 g/mol. The first-order valence-electron chi connectivity index (χ1n) is 11.0. The van der Waals surface area contributed by atoms with Crippen molar-refractivity contribution in [3.63, 3.8) is 0 Å². The van der Waals surface area contributed by atoms with Gasteiger partial charge in [-0.25, -0.2) is 0 Å². The smallest absolute Gasteiger partial charge is 0.283 e. The lowest BCUT2D eigenvalue weighted by atomic mass is 10.0. The van der Waals surface area contributed by atoms with Gasteiger partial charge in [-0.1, -0.05) is 30.3 Å². The molecule has 2 fully saturated rings. The summed E-state index contributed by atoms with van der Waals surface area (Å²) in [6, 6.07) is 18.3. The summed E-state index contributed by atoms with van der Waals surface area (Å²) in [5, 5.41) is 3.23. The van der Waals surface area contributed by atoms with Gasteiger partial charge in [-0.2, -0.15) is 0 Å². The van der Waals surface area contributed by atoms with E-state index in [1.54, 1.807) is 12.0 Å². The molecule has 160 valence electrons. The van der Waals surface area contributed by atoms with E-state index in [4.69, 9.17) is 9.47 Å². The maximum Gasteiger partial charge on any atom is 0.283 e. The lowest BCUT2D eigenvalue weighted by Crippen LogP contribution is -3.28. The maximum absolute atomic E-state index is 13.0. The Kier molecular flexibility index (Phi) is 6.87. The Morgan fingerprint density at radius 3 is 2.30 bits per heavy atom. The number of benzene rings is 2. The van der Waals surface area contributed by atoms with Gasteiger partial charge in [0.2, 0.25) is 0 Å². The Morgan fingerprint density at radius 1 is 1.00 bits per heavy atom. The first-order valence-corrected chi connectivity index (χ1v) is 11.0. The number of piperazine rings is 1. The molecule has 2 aliphatic rings. The third-order valence-corrected chi connectivity index (χ3v) is 6.11. The highest BCUT2D eigenvalue weighted by atomic mass is 16.5. The van der Waals surface area contributed by atoms with Crippen LogP contribution in [0.4, 0.5) is 0 Å². The van der Waals surface area contributed by atoms with Crippen molar-refractivity contribution in [3.8, 4) is 11.5 Å². The molecule has 6 heteroatoms. The Balaban J connectivity index is 1.27. The van der Waals surface area contributed by atoms with Crippen molar-refractivity contribution in [2.45, 2.75) is 24.9 Å². The van der Waals surface area contributed by atoms with Crippen LogP contribution >= 0.6 is 0 Å². The average Bonchev–Trinajstić information content (AvgIpc) is 3.60. The van der Waals surface area contributed by atoms with Crippen molar-refractivity contribution in [2.75, 3.05) is 46.4 Å². The van der Waals surface area contributed by atoms with Crippen LogP contribution in [0.1, 0.15) is 24.4 Å². The number of rotatable bonds is 9. The maximum atomic E-state index is 13.0. The molecule has 1 saturated heterocycles. The second-order valence-electron chi connectivity index (χ2n) is 8.31. The molecule has 0 bridgehead atoms. The molecule has 0 spiro atoms. The van der Waals surface area contributed by atoms with Crippen LogP contribution in [0.2, 0.25) is 0 Å². The zero-order valence-electron chi connectivity index (χ0n) is 17.7. The molecule has 3 N–H and O–H groups in total. The largest absolute Gasteiger partial charge is 0.497 e. The molecule has 1 aliphatic heterocycles. The molecule has 2 aromatic rings. The highest BCUT2D eigenvalue weighted by Crippen LogP contribution is 2.20. The number of quaternary nitrogens is 2. The number of nitrogens with one attached hydrogen (secondary N) is 3. The Bertz CT molecular complexity index is 800. The van der Waals surface area contributed by atoms with E-state index in [9.17, 15) is 4.79 Å². The van der Waals surface area contributed by atoms with Crippen LogP contribution in [0.25, 0.3) is 0 Å². The van der Waals surface area contributed by atoms with Crippen LogP contribution in [0.15, 0.2) is 54.6 Å². The molecular weight excluding hydrogens is 378 g/mol. The molecule has 4 rings (SSSR count). The van der Waals surface area contributed by atoms with Gasteiger partial charge in [0.05, 0.1) is 7.11 Å². The Labute approximate surface area is 178 Å². The van der Waals surface area contributed by atoms with E-state index >= 15 is 0 Å². The van der Waals surface area contributed by atoms with Gasteiger partial charge in [-0.15, -0.1) is 0 Å². The highest BCUT2D eigenvalue weighted by Gasteiger charge is 2.37. The van der Waals surface area contributed by atoms with Gasteiger partial charge in [0.15, 0.2) is 6.04 Å². The number of methoxy groups -OCH3 is 1. The number of carbonyl (C=O) groups is 1. The summed E-state index contributed by atoms with van der Waals surface area (Å²) in [6.45, 7) is 5.78. The summed E-state index contributed by atoms with van der Waals surface area (Å²) in [7, 11) is 1.67. The first-order chi connectivity index (χ1) is 14.7. The fraction of sp³-hybridized carbons (Fsp3) is 0.458. The summed E-state index contributed by atoms with van der Waals surface area (Å²) in [5.41, 5.74) is 1.12. The molecule has 1 heterocycles. The Hall–Kier alpha value is -2.57. The van der Waals surface area contributed by atoms with Gasteiger partial charge < -0.3 is 24.6 Å². The van der Waals surface area contributed by atoms with Crippen molar-refractivity contribution in [1.82, 2.24) is 5.32 Å². The molecule has 2 aromatic carbocycles. The second kappa shape index (κ2) is 9.96. The normalized spacial score (nSPS) is 22.2. The van der Waals surface area contributed by atoms with Crippen LogP contribution in [0, 0.1) is 0 Å². The minimum atomic E-state index is -0.108. The van der Waals surface area contributed by atoms with Crippen LogP contribution in [-0.4, -0.2) is 58.4 Å². The summed E-state index contributed by atoms with van der Waals surface area (Å²) in [5.74, 6) is 1.90. The third kappa shape index (κ3) is 5.52. The lowest BCUT2D eigenvalue weighted by Gasteiger charge is -2.34. The molecule has 6 nitrogen and oxygen atoms in total. The molecule has 1 amide bonds. The van der Waals surface area contributed by atoms with E-state index in [0.717, 1.165) is 62.6 Å². The van der Waals surface area contributed by atoms with E-state index in [-0.39, 0.29) is 11.9 Å². The molecule has 0 radical (unpaired) electrons. The summed E-state index contributed by atoms with van der Waals surface area (Å²) in [4.78, 5) is 15.9. The van der Waals surface area contributed by atoms with Crippen LogP contribution in [-0.2, 0) is 4.79 Å². The topological polar surface area (TPSA) is 56.4 Å². The lowest BCUT2D eigenvalue weighted by molar-refractivity contribution is -1.02. The summed E-state index contributed by atoms with van der Waals surface area (Å²) < 4.78 is 11.1. The van der Waals surface area contributed by atoms with Gasteiger partial charge in [0.25, 0.3) is 5.91 Å². The molecular formula is C24H33N3O3+2. The van der Waals surface area contributed by atoms with Crippen molar-refractivity contribution in [3.05, 3.63) is 60.2 Å². The van der Waals surface area contributed by atoms with E-state index in [0.29, 0.717) is 12.6 Å². The van der Waals surface area contributed by atoms with E-state index in [1.807, 2.05) is 42.5 Å². The zero-order valence-corrected chi connectivity index (χ0v) is 17.7. The summed E-state index contributed by atoms with van der Waals surface area (Å²) in [6.07, 6.45) is 2.24. The number of hydrogen-bond donors (Lipinski definition) is 3. The molecule has 0 unspecified atom stereocenters. The minimum absolute atomic E-state index is 0.108. The minimum Gasteiger partial charge on any atom is -0.497 e. The molecule has 1 aliphatic carbocycles. The third-order valence-electron chi connectivity index (χ3n) is 6.11. The fourth-order valence-electron chi connectivity index (χ4n) is 4.18.